The highest BCUT2D eigenvalue weighted by molar-refractivity contribution is 5.93. The number of nitrogens with zero attached hydrogens (tertiary/aromatic N) is 1. The summed E-state index contributed by atoms with van der Waals surface area (Å²) in [5.41, 5.74) is 1.52. The van der Waals surface area contributed by atoms with Crippen molar-refractivity contribution in [2.24, 2.45) is 0 Å². The number of urea groups is 1. The van der Waals surface area contributed by atoms with Crippen molar-refractivity contribution in [3.63, 3.8) is 0 Å². The predicted molar refractivity (Wildman–Crippen MR) is 98.9 cm³/mol. The van der Waals surface area contributed by atoms with E-state index in [0.717, 1.165) is 11.1 Å². The molecule has 2 aromatic rings. The van der Waals surface area contributed by atoms with Gasteiger partial charge in [-0.1, -0.05) is 12.1 Å². The maximum absolute atomic E-state index is 13.3. The summed E-state index contributed by atoms with van der Waals surface area (Å²) in [5, 5.41) is 5.86. The second-order valence-electron chi connectivity index (χ2n) is 6.89. The summed E-state index contributed by atoms with van der Waals surface area (Å²) in [4.78, 5) is 26.4. The summed E-state index contributed by atoms with van der Waals surface area (Å²) in [6.45, 7) is 4.74. The normalized spacial score (nSPS) is 16.0. The molecule has 3 amide bonds. The molecule has 3 rings (SSSR count). The standard InChI is InChI=1S/C20H24FN3O3/c1-13-8-11-27-18(13)19(25)23-17-6-9-24(10-7-17)20(26)22-14(2)15-4-3-5-16(21)12-15/h3-5,8,11-12,14,17H,6-7,9-10H2,1-2H3,(H,22,26)(H,23,25)/t14-/m0/s1. The first-order valence-electron chi connectivity index (χ1n) is 9.10. The number of furan rings is 1. The molecule has 1 aromatic carbocycles. The van der Waals surface area contributed by atoms with Gasteiger partial charge in [0.05, 0.1) is 12.3 Å². The maximum atomic E-state index is 13.3. The Bertz CT molecular complexity index is 812. The fourth-order valence-corrected chi connectivity index (χ4v) is 3.22. The van der Waals surface area contributed by atoms with Gasteiger partial charge in [-0.05, 0) is 50.5 Å². The van der Waals surface area contributed by atoms with E-state index in [1.54, 1.807) is 23.1 Å². The smallest absolute Gasteiger partial charge is 0.317 e. The number of carbonyl (C=O) groups is 2. The van der Waals surface area contributed by atoms with Crippen LogP contribution in [-0.4, -0.2) is 36.0 Å². The van der Waals surface area contributed by atoms with Crippen molar-refractivity contribution in [1.82, 2.24) is 15.5 Å². The molecule has 0 saturated carbocycles. The van der Waals surface area contributed by atoms with Crippen molar-refractivity contribution < 1.29 is 18.4 Å². The molecule has 0 bridgehead atoms. The topological polar surface area (TPSA) is 74.6 Å². The Morgan fingerprint density at radius 2 is 2.00 bits per heavy atom. The van der Waals surface area contributed by atoms with Crippen LogP contribution in [0.15, 0.2) is 41.0 Å². The number of carbonyl (C=O) groups excluding carboxylic acids is 2. The molecular formula is C20H24FN3O3. The van der Waals surface area contributed by atoms with E-state index in [0.29, 0.717) is 31.7 Å². The number of piperidine rings is 1. The first-order chi connectivity index (χ1) is 12.9. The van der Waals surface area contributed by atoms with Crippen LogP contribution >= 0.6 is 0 Å². The Labute approximate surface area is 157 Å². The Morgan fingerprint density at radius 1 is 1.26 bits per heavy atom. The fourth-order valence-electron chi connectivity index (χ4n) is 3.22. The highest BCUT2D eigenvalue weighted by atomic mass is 19.1. The van der Waals surface area contributed by atoms with Gasteiger partial charge >= 0.3 is 6.03 Å². The second-order valence-corrected chi connectivity index (χ2v) is 6.89. The first-order valence-corrected chi connectivity index (χ1v) is 9.10. The quantitative estimate of drug-likeness (QED) is 0.863. The van der Waals surface area contributed by atoms with Gasteiger partial charge < -0.3 is 20.0 Å². The average molecular weight is 373 g/mol. The molecule has 0 aliphatic carbocycles. The van der Waals surface area contributed by atoms with E-state index in [1.807, 2.05) is 13.8 Å². The Hall–Kier alpha value is -2.83. The minimum absolute atomic E-state index is 0.00620. The molecular weight excluding hydrogens is 349 g/mol. The first kappa shape index (κ1) is 18.9. The third-order valence-electron chi connectivity index (χ3n) is 4.87. The Morgan fingerprint density at radius 3 is 2.63 bits per heavy atom. The van der Waals surface area contributed by atoms with Crippen molar-refractivity contribution in [3.05, 3.63) is 59.3 Å². The highest BCUT2D eigenvalue weighted by Gasteiger charge is 2.26. The lowest BCUT2D eigenvalue weighted by molar-refractivity contribution is 0.0888. The van der Waals surface area contributed by atoms with Crippen LogP contribution in [0.25, 0.3) is 0 Å². The van der Waals surface area contributed by atoms with Gasteiger partial charge in [0.25, 0.3) is 5.91 Å². The molecule has 0 radical (unpaired) electrons. The van der Waals surface area contributed by atoms with Crippen LogP contribution in [0.2, 0.25) is 0 Å². The zero-order valence-corrected chi connectivity index (χ0v) is 15.5. The van der Waals surface area contributed by atoms with Crippen LogP contribution in [0.4, 0.5) is 9.18 Å². The lowest BCUT2D eigenvalue weighted by Gasteiger charge is -2.33. The van der Waals surface area contributed by atoms with Crippen LogP contribution in [0, 0.1) is 12.7 Å². The van der Waals surface area contributed by atoms with Gasteiger partial charge in [-0.3, -0.25) is 4.79 Å². The number of likely N-dealkylation sites (tertiary alicyclic amines) is 1. The summed E-state index contributed by atoms with van der Waals surface area (Å²) < 4.78 is 18.5. The summed E-state index contributed by atoms with van der Waals surface area (Å²) >= 11 is 0. The second kappa shape index (κ2) is 8.24. The van der Waals surface area contributed by atoms with E-state index in [-0.39, 0.29) is 29.8 Å². The molecule has 1 aliphatic rings. The van der Waals surface area contributed by atoms with E-state index in [4.69, 9.17) is 4.42 Å². The highest BCUT2D eigenvalue weighted by Crippen LogP contribution is 2.16. The molecule has 0 spiro atoms. The predicted octanol–water partition coefficient (Wildman–Crippen LogP) is 3.39. The van der Waals surface area contributed by atoms with Crippen LogP contribution in [0.5, 0.6) is 0 Å². The third-order valence-corrected chi connectivity index (χ3v) is 4.87. The van der Waals surface area contributed by atoms with Gasteiger partial charge in [-0.15, -0.1) is 0 Å². The van der Waals surface area contributed by atoms with Gasteiger partial charge in [-0.25, -0.2) is 9.18 Å². The molecule has 144 valence electrons. The third kappa shape index (κ3) is 4.67. The van der Waals surface area contributed by atoms with Gasteiger partial charge in [0.2, 0.25) is 0 Å². The van der Waals surface area contributed by atoms with E-state index in [1.165, 1.54) is 18.4 Å². The van der Waals surface area contributed by atoms with Crippen molar-refractivity contribution in [3.8, 4) is 0 Å². The van der Waals surface area contributed by atoms with Gasteiger partial charge in [-0.2, -0.15) is 0 Å². The number of halogens is 1. The zero-order valence-electron chi connectivity index (χ0n) is 15.5. The summed E-state index contributed by atoms with van der Waals surface area (Å²) in [7, 11) is 0. The minimum atomic E-state index is -0.322. The zero-order chi connectivity index (χ0) is 19.4. The molecule has 2 heterocycles. The SMILES string of the molecule is Cc1ccoc1C(=O)NC1CCN(C(=O)N[C@@H](C)c2cccc(F)c2)CC1. The maximum Gasteiger partial charge on any atom is 0.317 e. The van der Waals surface area contributed by atoms with Gasteiger partial charge in [0.1, 0.15) is 5.82 Å². The summed E-state index contributed by atoms with van der Waals surface area (Å²) in [6, 6.07) is 7.50. The molecule has 1 fully saturated rings. The number of amides is 3. The van der Waals surface area contributed by atoms with Crippen LogP contribution < -0.4 is 10.6 Å². The minimum Gasteiger partial charge on any atom is -0.459 e. The lowest BCUT2D eigenvalue weighted by atomic mass is 10.0. The molecule has 0 unspecified atom stereocenters. The van der Waals surface area contributed by atoms with Crippen molar-refractivity contribution >= 4 is 11.9 Å². The molecule has 27 heavy (non-hydrogen) atoms. The summed E-state index contributed by atoms with van der Waals surface area (Å²) in [5.74, 6) is -0.212. The number of hydrogen-bond acceptors (Lipinski definition) is 3. The Kier molecular flexibility index (Phi) is 5.78. The lowest BCUT2D eigenvalue weighted by Crippen LogP contribution is -2.49. The number of hydrogen-bond donors (Lipinski definition) is 2. The van der Waals surface area contributed by atoms with Crippen LogP contribution in [-0.2, 0) is 0 Å². The van der Waals surface area contributed by atoms with Crippen LogP contribution in [0.1, 0.15) is 47.5 Å². The van der Waals surface area contributed by atoms with Crippen molar-refractivity contribution in [2.75, 3.05) is 13.1 Å². The van der Waals surface area contributed by atoms with E-state index in [9.17, 15) is 14.0 Å². The molecule has 1 saturated heterocycles. The average Bonchev–Trinajstić information content (AvgIpc) is 3.08. The number of aryl methyl sites for hydroxylation is 1. The van der Waals surface area contributed by atoms with Gasteiger partial charge in [0.15, 0.2) is 5.76 Å². The van der Waals surface area contributed by atoms with Crippen LogP contribution in [0.3, 0.4) is 0 Å². The summed E-state index contributed by atoms with van der Waals surface area (Å²) in [6.07, 6.45) is 2.84. The van der Waals surface area contributed by atoms with E-state index < -0.39 is 0 Å². The molecule has 2 N–H and O–H groups in total. The molecule has 7 heteroatoms. The molecule has 1 atom stereocenters. The van der Waals surface area contributed by atoms with Crippen molar-refractivity contribution in [1.29, 1.82) is 0 Å². The number of rotatable bonds is 4. The Balaban J connectivity index is 1.48. The molecule has 1 aromatic heterocycles. The number of benzene rings is 1. The fraction of sp³-hybridized carbons (Fsp3) is 0.400. The monoisotopic (exact) mass is 373 g/mol. The van der Waals surface area contributed by atoms with E-state index >= 15 is 0 Å². The van der Waals surface area contributed by atoms with E-state index in [2.05, 4.69) is 10.6 Å². The number of nitrogens with one attached hydrogen (secondary N) is 2. The largest absolute Gasteiger partial charge is 0.459 e. The van der Waals surface area contributed by atoms with Gasteiger partial charge in [0, 0.05) is 24.7 Å². The molecule has 6 nitrogen and oxygen atoms in total. The molecule has 1 aliphatic heterocycles. The van der Waals surface area contributed by atoms with Crippen molar-refractivity contribution in [2.45, 2.75) is 38.8 Å².